The minimum atomic E-state index is -0.645. The fourth-order valence-corrected chi connectivity index (χ4v) is 3.75. The third kappa shape index (κ3) is 2.62. The van der Waals surface area contributed by atoms with E-state index in [1.807, 2.05) is 0 Å². The van der Waals surface area contributed by atoms with Crippen LogP contribution >= 0.6 is 23.2 Å². The number of carbonyl (C=O) groups is 2. The van der Waals surface area contributed by atoms with Gasteiger partial charge < -0.3 is 14.2 Å². The molecule has 1 aromatic rings. The van der Waals surface area contributed by atoms with Crippen LogP contribution in [0.3, 0.4) is 0 Å². The number of hydrogen-bond donors (Lipinski definition) is 0. The monoisotopic (exact) mass is 371 g/mol. The summed E-state index contributed by atoms with van der Waals surface area (Å²) in [5, 5.41) is 0.498. The highest BCUT2D eigenvalue weighted by atomic mass is 35.5. The molecule has 3 heterocycles. The predicted octanol–water partition coefficient (Wildman–Crippen LogP) is 2.51. The van der Waals surface area contributed by atoms with Gasteiger partial charge >= 0.3 is 0 Å². The number of nitrogens with zero attached hydrogens (tertiary/aromatic N) is 1. The molecule has 0 aliphatic carbocycles. The zero-order valence-corrected chi connectivity index (χ0v) is 14.2. The standard InChI is InChI=1S/C16H15Cl2NO5/c17-12-5-10-11(6-13(12)18)15(21)19(14(10)20)8-9-7-16(1-2-22-9)23-3-4-24-16/h5-6,9H,1-4,7-8H2. The minimum Gasteiger partial charge on any atom is -0.376 e. The van der Waals surface area contributed by atoms with Crippen LogP contribution in [0.25, 0.3) is 0 Å². The highest BCUT2D eigenvalue weighted by molar-refractivity contribution is 6.43. The van der Waals surface area contributed by atoms with Gasteiger partial charge in [0.25, 0.3) is 11.8 Å². The zero-order chi connectivity index (χ0) is 16.9. The lowest BCUT2D eigenvalue weighted by Crippen LogP contribution is -2.47. The minimum absolute atomic E-state index is 0.149. The molecule has 8 heteroatoms. The molecule has 6 nitrogen and oxygen atoms in total. The molecule has 0 aromatic heterocycles. The van der Waals surface area contributed by atoms with Crippen molar-refractivity contribution >= 4 is 35.0 Å². The van der Waals surface area contributed by atoms with Gasteiger partial charge in [-0.25, -0.2) is 0 Å². The predicted molar refractivity (Wildman–Crippen MR) is 85.4 cm³/mol. The summed E-state index contributed by atoms with van der Waals surface area (Å²) < 4.78 is 17.1. The first-order valence-electron chi connectivity index (χ1n) is 7.74. The second kappa shape index (κ2) is 5.97. The third-order valence-electron chi connectivity index (χ3n) is 4.59. The van der Waals surface area contributed by atoms with Gasteiger partial charge in [0.15, 0.2) is 5.79 Å². The Hall–Kier alpha value is -1.18. The number of rotatable bonds is 2. The molecular formula is C16H15Cl2NO5. The van der Waals surface area contributed by atoms with Crippen LogP contribution < -0.4 is 0 Å². The molecule has 0 radical (unpaired) electrons. The van der Waals surface area contributed by atoms with Crippen molar-refractivity contribution in [2.75, 3.05) is 26.4 Å². The number of hydrogen-bond acceptors (Lipinski definition) is 5. The van der Waals surface area contributed by atoms with Crippen LogP contribution in [-0.4, -0.2) is 55.0 Å². The van der Waals surface area contributed by atoms with Crippen LogP contribution in [0, 0.1) is 0 Å². The largest absolute Gasteiger partial charge is 0.376 e. The molecule has 3 aliphatic heterocycles. The number of fused-ring (bicyclic) bond motifs is 1. The Morgan fingerprint density at radius 3 is 2.21 bits per heavy atom. The molecule has 24 heavy (non-hydrogen) atoms. The SMILES string of the molecule is O=C1c2cc(Cl)c(Cl)cc2C(=O)N1CC1CC2(CCO1)OCCO2. The van der Waals surface area contributed by atoms with E-state index >= 15 is 0 Å². The molecule has 2 amide bonds. The van der Waals surface area contributed by atoms with Gasteiger partial charge in [-0.2, -0.15) is 0 Å². The van der Waals surface area contributed by atoms with E-state index in [0.29, 0.717) is 32.7 Å². The molecule has 1 unspecified atom stereocenters. The Balaban J connectivity index is 1.53. The van der Waals surface area contributed by atoms with Crippen molar-refractivity contribution in [2.24, 2.45) is 0 Å². The first-order chi connectivity index (χ1) is 11.5. The van der Waals surface area contributed by atoms with Gasteiger partial charge in [-0.05, 0) is 12.1 Å². The second-order valence-electron chi connectivity index (χ2n) is 6.09. The fourth-order valence-electron chi connectivity index (χ4n) is 3.42. The Kier molecular flexibility index (Phi) is 4.05. The van der Waals surface area contributed by atoms with Crippen LogP contribution in [0.15, 0.2) is 12.1 Å². The van der Waals surface area contributed by atoms with Crippen molar-refractivity contribution in [3.8, 4) is 0 Å². The Morgan fingerprint density at radius 1 is 1.04 bits per heavy atom. The van der Waals surface area contributed by atoms with Crippen molar-refractivity contribution in [3.05, 3.63) is 33.3 Å². The Bertz CT molecular complexity index is 676. The average Bonchev–Trinajstić information content (AvgIpc) is 3.08. The number of halogens is 2. The van der Waals surface area contributed by atoms with Gasteiger partial charge in [0, 0.05) is 12.8 Å². The molecule has 0 saturated carbocycles. The van der Waals surface area contributed by atoms with Crippen LogP contribution in [0.1, 0.15) is 33.6 Å². The summed E-state index contributed by atoms with van der Waals surface area (Å²) in [6.45, 7) is 1.72. The summed E-state index contributed by atoms with van der Waals surface area (Å²) in [4.78, 5) is 26.3. The molecule has 2 fully saturated rings. The van der Waals surface area contributed by atoms with Crippen molar-refractivity contribution in [2.45, 2.75) is 24.7 Å². The molecule has 4 rings (SSSR count). The first-order valence-corrected chi connectivity index (χ1v) is 8.49. The van der Waals surface area contributed by atoms with Gasteiger partial charge in [0.1, 0.15) is 0 Å². The summed E-state index contributed by atoms with van der Waals surface area (Å²) in [6, 6.07) is 2.87. The van der Waals surface area contributed by atoms with Crippen LogP contribution in [-0.2, 0) is 14.2 Å². The second-order valence-corrected chi connectivity index (χ2v) is 6.90. The molecule has 1 spiro atoms. The summed E-state index contributed by atoms with van der Waals surface area (Å²) in [7, 11) is 0. The van der Waals surface area contributed by atoms with E-state index in [9.17, 15) is 9.59 Å². The van der Waals surface area contributed by atoms with Gasteiger partial charge in [-0.1, -0.05) is 23.2 Å². The quantitative estimate of drug-likeness (QED) is 0.747. The maximum atomic E-state index is 12.5. The maximum Gasteiger partial charge on any atom is 0.261 e. The lowest BCUT2D eigenvalue weighted by atomic mass is 10.0. The number of benzene rings is 1. The summed E-state index contributed by atoms with van der Waals surface area (Å²) in [5.41, 5.74) is 0.543. The maximum absolute atomic E-state index is 12.5. The van der Waals surface area contributed by atoms with E-state index in [1.54, 1.807) is 0 Å². The third-order valence-corrected chi connectivity index (χ3v) is 5.31. The van der Waals surface area contributed by atoms with Crippen molar-refractivity contribution in [1.82, 2.24) is 4.90 Å². The summed E-state index contributed by atoms with van der Waals surface area (Å²) in [6.07, 6.45) is 0.809. The summed E-state index contributed by atoms with van der Waals surface area (Å²) >= 11 is 11.9. The molecule has 0 N–H and O–H groups in total. The Labute approximate surface area is 148 Å². The van der Waals surface area contributed by atoms with Crippen LogP contribution in [0.2, 0.25) is 10.0 Å². The van der Waals surface area contributed by atoms with E-state index in [1.165, 1.54) is 17.0 Å². The van der Waals surface area contributed by atoms with E-state index < -0.39 is 5.79 Å². The fraction of sp³-hybridized carbons (Fsp3) is 0.500. The highest BCUT2D eigenvalue weighted by Gasteiger charge is 2.45. The van der Waals surface area contributed by atoms with Gasteiger partial charge in [-0.3, -0.25) is 14.5 Å². The molecule has 3 aliphatic rings. The number of amides is 2. The average molecular weight is 372 g/mol. The number of carbonyl (C=O) groups excluding carboxylic acids is 2. The van der Waals surface area contributed by atoms with Gasteiger partial charge in [0.2, 0.25) is 0 Å². The van der Waals surface area contributed by atoms with Crippen molar-refractivity contribution < 1.29 is 23.8 Å². The molecule has 2 saturated heterocycles. The van der Waals surface area contributed by atoms with Gasteiger partial charge in [-0.15, -0.1) is 0 Å². The number of ether oxygens (including phenoxy) is 3. The lowest BCUT2D eigenvalue weighted by molar-refractivity contribution is -0.221. The normalized spacial score (nSPS) is 25.6. The van der Waals surface area contributed by atoms with E-state index in [-0.39, 0.29) is 45.6 Å². The van der Waals surface area contributed by atoms with E-state index in [2.05, 4.69) is 0 Å². The summed E-state index contributed by atoms with van der Waals surface area (Å²) in [5.74, 6) is -1.41. The highest BCUT2D eigenvalue weighted by Crippen LogP contribution is 2.35. The van der Waals surface area contributed by atoms with E-state index in [4.69, 9.17) is 37.4 Å². The van der Waals surface area contributed by atoms with Crippen molar-refractivity contribution in [1.29, 1.82) is 0 Å². The smallest absolute Gasteiger partial charge is 0.261 e. The Morgan fingerprint density at radius 2 is 1.62 bits per heavy atom. The topological polar surface area (TPSA) is 65.1 Å². The lowest BCUT2D eigenvalue weighted by Gasteiger charge is -2.37. The molecule has 0 bridgehead atoms. The zero-order valence-electron chi connectivity index (χ0n) is 12.7. The molecule has 128 valence electrons. The molecule has 1 aromatic carbocycles. The number of imide groups is 1. The first kappa shape index (κ1) is 16.3. The molecular weight excluding hydrogens is 357 g/mol. The van der Waals surface area contributed by atoms with Crippen molar-refractivity contribution in [3.63, 3.8) is 0 Å². The molecule has 1 atom stereocenters. The van der Waals surface area contributed by atoms with Gasteiger partial charge in [0.05, 0.1) is 53.6 Å². The van der Waals surface area contributed by atoms with Crippen LogP contribution in [0.4, 0.5) is 0 Å². The van der Waals surface area contributed by atoms with E-state index in [0.717, 1.165) is 0 Å². The van der Waals surface area contributed by atoms with Crippen LogP contribution in [0.5, 0.6) is 0 Å².